The quantitative estimate of drug-likeness (QED) is 0.830. The summed E-state index contributed by atoms with van der Waals surface area (Å²) in [6, 6.07) is 3.44. The molecular formula is C17H25FN2O4S. The van der Waals surface area contributed by atoms with Crippen molar-refractivity contribution in [2.75, 3.05) is 20.2 Å². The molecule has 1 heterocycles. The smallest absolute Gasteiger partial charge is 0.246 e. The minimum Gasteiger partial charge on any atom is -0.495 e. The van der Waals surface area contributed by atoms with Crippen molar-refractivity contribution in [3.63, 3.8) is 0 Å². The molecule has 0 unspecified atom stereocenters. The number of halogens is 1. The van der Waals surface area contributed by atoms with Crippen molar-refractivity contribution in [1.29, 1.82) is 0 Å². The fraction of sp³-hybridized carbons (Fsp3) is 0.588. The van der Waals surface area contributed by atoms with Gasteiger partial charge in [0.25, 0.3) is 0 Å². The van der Waals surface area contributed by atoms with Crippen LogP contribution in [-0.4, -0.2) is 44.9 Å². The summed E-state index contributed by atoms with van der Waals surface area (Å²) in [6.45, 7) is 4.27. The standard InChI is InChI=1S/C17H25FN2O4S/c1-4-12(2)19-17(21)13-6-5-9-20(11-13)25(22,23)16-10-14(18)7-8-15(16)24-3/h7-8,10,12-13H,4-6,9,11H2,1-3H3,(H,19,21)/t12-,13-/m0/s1. The summed E-state index contributed by atoms with van der Waals surface area (Å²) >= 11 is 0. The number of piperidine rings is 1. The number of hydrogen-bond acceptors (Lipinski definition) is 4. The van der Waals surface area contributed by atoms with Crippen molar-refractivity contribution in [3.05, 3.63) is 24.0 Å². The molecule has 1 N–H and O–H groups in total. The predicted octanol–water partition coefficient (Wildman–Crippen LogP) is 2.15. The Kier molecular flexibility index (Phi) is 6.40. The molecule has 0 bridgehead atoms. The van der Waals surface area contributed by atoms with E-state index in [2.05, 4.69) is 5.32 Å². The number of methoxy groups -OCH3 is 1. The van der Waals surface area contributed by atoms with Crippen LogP contribution in [-0.2, 0) is 14.8 Å². The topological polar surface area (TPSA) is 75.7 Å². The first-order valence-electron chi connectivity index (χ1n) is 8.43. The zero-order valence-electron chi connectivity index (χ0n) is 14.8. The highest BCUT2D eigenvalue weighted by molar-refractivity contribution is 7.89. The lowest BCUT2D eigenvalue weighted by atomic mass is 9.98. The number of carbonyl (C=O) groups excluding carboxylic acids is 1. The van der Waals surface area contributed by atoms with Crippen LogP contribution < -0.4 is 10.1 Å². The number of sulfonamides is 1. The van der Waals surface area contributed by atoms with Crippen molar-refractivity contribution < 1.29 is 22.3 Å². The minimum absolute atomic E-state index is 0.0443. The Morgan fingerprint density at radius 3 is 2.84 bits per heavy atom. The van der Waals surface area contributed by atoms with Crippen molar-refractivity contribution in [3.8, 4) is 5.75 Å². The number of carbonyl (C=O) groups is 1. The van der Waals surface area contributed by atoms with Crippen LogP contribution in [0.25, 0.3) is 0 Å². The van der Waals surface area contributed by atoms with Gasteiger partial charge in [-0.2, -0.15) is 4.31 Å². The van der Waals surface area contributed by atoms with Crippen LogP contribution in [0.4, 0.5) is 4.39 Å². The van der Waals surface area contributed by atoms with Crippen LogP contribution in [0.1, 0.15) is 33.1 Å². The molecule has 8 heteroatoms. The summed E-state index contributed by atoms with van der Waals surface area (Å²) in [5, 5.41) is 2.90. The van der Waals surface area contributed by atoms with Crippen LogP contribution in [0.2, 0.25) is 0 Å². The number of amides is 1. The Labute approximate surface area is 148 Å². The molecule has 2 atom stereocenters. The maximum atomic E-state index is 13.6. The number of nitrogens with zero attached hydrogens (tertiary/aromatic N) is 1. The van der Waals surface area contributed by atoms with Gasteiger partial charge < -0.3 is 10.1 Å². The summed E-state index contributed by atoms with van der Waals surface area (Å²) < 4.78 is 45.7. The third kappa shape index (κ3) is 4.49. The summed E-state index contributed by atoms with van der Waals surface area (Å²) in [6.07, 6.45) is 2.02. The third-order valence-electron chi connectivity index (χ3n) is 4.50. The van der Waals surface area contributed by atoms with Crippen LogP contribution in [0.5, 0.6) is 5.75 Å². The highest BCUT2D eigenvalue weighted by Gasteiger charge is 2.35. The molecule has 1 aromatic carbocycles. The lowest BCUT2D eigenvalue weighted by Crippen LogP contribution is -2.47. The first-order valence-corrected chi connectivity index (χ1v) is 9.87. The van der Waals surface area contributed by atoms with Crippen molar-refractivity contribution in [2.45, 2.75) is 44.0 Å². The molecule has 6 nitrogen and oxygen atoms in total. The fourth-order valence-corrected chi connectivity index (χ4v) is 4.52. The van der Waals surface area contributed by atoms with E-state index in [0.717, 1.165) is 18.6 Å². The van der Waals surface area contributed by atoms with Crippen molar-refractivity contribution >= 4 is 15.9 Å². The molecule has 25 heavy (non-hydrogen) atoms. The van der Waals surface area contributed by atoms with Crippen LogP contribution >= 0.6 is 0 Å². The molecule has 1 aromatic rings. The van der Waals surface area contributed by atoms with Gasteiger partial charge in [-0.1, -0.05) is 6.92 Å². The lowest BCUT2D eigenvalue weighted by Gasteiger charge is -2.32. The van der Waals surface area contributed by atoms with E-state index < -0.39 is 21.8 Å². The Bertz CT molecular complexity index is 723. The minimum atomic E-state index is -3.94. The molecule has 2 rings (SSSR count). The van der Waals surface area contributed by atoms with Crippen LogP contribution in [0.15, 0.2) is 23.1 Å². The first-order chi connectivity index (χ1) is 11.8. The van der Waals surface area contributed by atoms with Gasteiger partial charge in [0.05, 0.1) is 13.0 Å². The van der Waals surface area contributed by atoms with Gasteiger partial charge in [-0.05, 0) is 44.4 Å². The molecule has 1 aliphatic heterocycles. The number of rotatable bonds is 6. The second kappa shape index (κ2) is 8.14. The molecule has 0 spiro atoms. The average molecular weight is 372 g/mol. The second-order valence-electron chi connectivity index (χ2n) is 6.32. The summed E-state index contributed by atoms with van der Waals surface area (Å²) in [5.41, 5.74) is 0. The van der Waals surface area contributed by atoms with E-state index in [1.54, 1.807) is 0 Å². The molecular weight excluding hydrogens is 347 g/mol. The van der Waals surface area contributed by atoms with Crippen LogP contribution in [0.3, 0.4) is 0 Å². The Morgan fingerprint density at radius 2 is 2.20 bits per heavy atom. The predicted molar refractivity (Wildman–Crippen MR) is 92.3 cm³/mol. The summed E-state index contributed by atoms with van der Waals surface area (Å²) in [5.74, 6) is -1.10. The lowest BCUT2D eigenvalue weighted by molar-refractivity contribution is -0.126. The fourth-order valence-electron chi connectivity index (χ4n) is 2.83. The SMILES string of the molecule is CC[C@H](C)NC(=O)[C@H]1CCCN(S(=O)(=O)c2cc(F)ccc2OC)C1. The maximum Gasteiger partial charge on any atom is 0.246 e. The summed E-state index contributed by atoms with van der Waals surface area (Å²) in [4.78, 5) is 12.1. The van der Waals surface area contributed by atoms with E-state index in [9.17, 15) is 17.6 Å². The molecule has 0 saturated carbocycles. The second-order valence-corrected chi connectivity index (χ2v) is 8.22. The normalized spacial score (nSPS) is 20.1. The molecule has 1 saturated heterocycles. The Morgan fingerprint density at radius 1 is 1.48 bits per heavy atom. The molecule has 1 aliphatic rings. The van der Waals surface area contributed by atoms with Gasteiger partial charge in [0.1, 0.15) is 16.5 Å². The zero-order valence-corrected chi connectivity index (χ0v) is 15.6. The molecule has 0 aromatic heterocycles. The van der Waals surface area contributed by atoms with Gasteiger partial charge >= 0.3 is 0 Å². The van der Waals surface area contributed by atoms with E-state index in [1.807, 2.05) is 13.8 Å². The monoisotopic (exact) mass is 372 g/mol. The van der Waals surface area contributed by atoms with Gasteiger partial charge in [0.15, 0.2) is 0 Å². The maximum absolute atomic E-state index is 13.6. The third-order valence-corrected chi connectivity index (χ3v) is 6.39. The van der Waals surface area contributed by atoms with E-state index in [1.165, 1.54) is 17.5 Å². The highest BCUT2D eigenvalue weighted by Crippen LogP contribution is 2.30. The van der Waals surface area contributed by atoms with Crippen LogP contribution in [0, 0.1) is 11.7 Å². The van der Waals surface area contributed by atoms with Gasteiger partial charge in [0.2, 0.25) is 15.9 Å². The zero-order chi connectivity index (χ0) is 18.6. The van der Waals surface area contributed by atoms with Gasteiger partial charge in [-0.15, -0.1) is 0 Å². The molecule has 0 aliphatic carbocycles. The number of hydrogen-bond donors (Lipinski definition) is 1. The van der Waals surface area contributed by atoms with E-state index in [0.29, 0.717) is 19.4 Å². The number of ether oxygens (including phenoxy) is 1. The summed E-state index contributed by atoms with van der Waals surface area (Å²) in [7, 11) is -2.60. The number of nitrogens with one attached hydrogen (secondary N) is 1. The molecule has 0 radical (unpaired) electrons. The average Bonchev–Trinajstić information content (AvgIpc) is 2.61. The van der Waals surface area contributed by atoms with Gasteiger partial charge in [-0.25, -0.2) is 12.8 Å². The van der Waals surface area contributed by atoms with E-state index in [4.69, 9.17) is 4.74 Å². The number of benzene rings is 1. The van der Waals surface area contributed by atoms with Gasteiger partial charge in [-0.3, -0.25) is 4.79 Å². The molecule has 1 amide bonds. The van der Waals surface area contributed by atoms with Gasteiger partial charge in [0, 0.05) is 19.1 Å². The largest absolute Gasteiger partial charge is 0.495 e. The first kappa shape index (κ1) is 19.7. The Balaban J connectivity index is 2.22. The van der Waals surface area contributed by atoms with E-state index in [-0.39, 0.29) is 29.1 Å². The molecule has 140 valence electrons. The highest BCUT2D eigenvalue weighted by atomic mass is 32.2. The van der Waals surface area contributed by atoms with Crippen molar-refractivity contribution in [2.24, 2.45) is 5.92 Å². The van der Waals surface area contributed by atoms with Crippen molar-refractivity contribution in [1.82, 2.24) is 9.62 Å². The molecule has 1 fully saturated rings. The Hall–Kier alpha value is -1.67. The van der Waals surface area contributed by atoms with E-state index >= 15 is 0 Å².